The van der Waals surface area contributed by atoms with Crippen molar-refractivity contribution in [2.45, 2.75) is 53.9 Å². The summed E-state index contributed by atoms with van der Waals surface area (Å²) in [5.41, 5.74) is 0.405. The fourth-order valence-corrected chi connectivity index (χ4v) is 2.31. The van der Waals surface area contributed by atoms with Gasteiger partial charge in [0.25, 0.3) is 0 Å². The third-order valence-corrected chi connectivity index (χ3v) is 3.27. The minimum absolute atomic E-state index is 0.0271. The van der Waals surface area contributed by atoms with Gasteiger partial charge in [0.1, 0.15) is 0 Å². The zero-order valence-corrected chi connectivity index (χ0v) is 12.6. The average molecular weight is 272 g/mol. The molecule has 1 atom stereocenters. The first kappa shape index (κ1) is 16.1. The monoisotopic (exact) mass is 272 g/mol. The van der Waals surface area contributed by atoms with Crippen molar-refractivity contribution in [3.05, 3.63) is 35.1 Å². The largest absolute Gasteiger partial charge is 0.204 e. The molecule has 108 valence electrons. The van der Waals surface area contributed by atoms with E-state index in [9.17, 15) is 13.2 Å². The van der Waals surface area contributed by atoms with E-state index in [1.165, 1.54) is 0 Å². The van der Waals surface area contributed by atoms with E-state index in [0.717, 1.165) is 18.6 Å². The number of halogens is 3. The van der Waals surface area contributed by atoms with E-state index < -0.39 is 17.5 Å². The van der Waals surface area contributed by atoms with Crippen LogP contribution in [0.25, 0.3) is 0 Å². The molecule has 1 aromatic carbocycles. The van der Waals surface area contributed by atoms with Crippen molar-refractivity contribution in [2.24, 2.45) is 10.8 Å². The number of hydrogen-bond acceptors (Lipinski definition) is 0. The highest BCUT2D eigenvalue weighted by atomic mass is 19.2. The highest BCUT2D eigenvalue weighted by Gasteiger charge is 2.31. The van der Waals surface area contributed by atoms with Gasteiger partial charge >= 0.3 is 0 Å². The van der Waals surface area contributed by atoms with Gasteiger partial charge in [0, 0.05) is 0 Å². The van der Waals surface area contributed by atoms with Gasteiger partial charge in [-0.3, -0.25) is 0 Å². The van der Waals surface area contributed by atoms with Crippen LogP contribution >= 0.6 is 0 Å². The van der Waals surface area contributed by atoms with Gasteiger partial charge in [-0.15, -0.1) is 0 Å². The second kappa shape index (κ2) is 5.18. The molecule has 0 aliphatic heterocycles. The molecule has 1 aromatic rings. The summed E-state index contributed by atoms with van der Waals surface area (Å²) >= 11 is 0. The molecule has 0 aliphatic rings. The summed E-state index contributed by atoms with van der Waals surface area (Å²) < 4.78 is 39.9. The SMILES string of the molecule is CC(C)(C)CC(c1cc(F)c(F)c(F)c1)C(C)(C)C. The van der Waals surface area contributed by atoms with Crippen LogP contribution in [0.4, 0.5) is 13.2 Å². The maximum absolute atomic E-state index is 13.4. The number of hydrogen-bond donors (Lipinski definition) is 0. The Morgan fingerprint density at radius 3 is 1.63 bits per heavy atom. The first-order chi connectivity index (χ1) is 8.42. The Labute approximate surface area is 114 Å². The van der Waals surface area contributed by atoms with Gasteiger partial charge < -0.3 is 0 Å². The predicted molar refractivity (Wildman–Crippen MR) is 72.6 cm³/mol. The van der Waals surface area contributed by atoms with E-state index in [0.29, 0.717) is 5.56 Å². The third kappa shape index (κ3) is 4.26. The Hall–Kier alpha value is -0.990. The summed E-state index contributed by atoms with van der Waals surface area (Å²) in [6.45, 7) is 12.3. The minimum atomic E-state index is -1.40. The molecule has 0 nitrogen and oxygen atoms in total. The summed E-state index contributed by atoms with van der Waals surface area (Å²) in [5, 5.41) is 0. The molecule has 0 aromatic heterocycles. The predicted octanol–water partition coefficient (Wildman–Crippen LogP) is 5.67. The van der Waals surface area contributed by atoms with Gasteiger partial charge in [-0.25, -0.2) is 13.2 Å². The summed E-state index contributed by atoms with van der Waals surface area (Å²) in [5.74, 6) is -3.65. The standard InChI is InChI=1S/C16H23F3/c1-15(2,3)9-11(16(4,5)6)10-7-12(17)14(19)13(18)8-10/h7-8,11H,9H2,1-6H3. The molecule has 0 fully saturated rings. The van der Waals surface area contributed by atoms with Crippen LogP contribution in [0.3, 0.4) is 0 Å². The minimum Gasteiger partial charge on any atom is -0.204 e. The Morgan fingerprint density at radius 1 is 0.895 bits per heavy atom. The molecular weight excluding hydrogens is 249 g/mol. The zero-order valence-electron chi connectivity index (χ0n) is 12.6. The van der Waals surface area contributed by atoms with Crippen LogP contribution in [-0.4, -0.2) is 0 Å². The molecule has 19 heavy (non-hydrogen) atoms. The summed E-state index contributed by atoms with van der Waals surface area (Å²) in [7, 11) is 0. The van der Waals surface area contributed by atoms with Gasteiger partial charge in [-0.2, -0.15) is 0 Å². The summed E-state index contributed by atoms with van der Waals surface area (Å²) in [6.07, 6.45) is 0.779. The van der Waals surface area contributed by atoms with E-state index >= 15 is 0 Å². The van der Waals surface area contributed by atoms with Crippen LogP contribution in [0.15, 0.2) is 12.1 Å². The van der Waals surface area contributed by atoms with Crippen molar-refractivity contribution in [1.82, 2.24) is 0 Å². The number of rotatable bonds is 2. The van der Waals surface area contributed by atoms with Gasteiger partial charge in [0.05, 0.1) is 0 Å². The molecule has 0 N–H and O–H groups in total. The van der Waals surface area contributed by atoms with Gasteiger partial charge in [-0.1, -0.05) is 41.5 Å². The van der Waals surface area contributed by atoms with Crippen molar-refractivity contribution in [3.8, 4) is 0 Å². The summed E-state index contributed by atoms with van der Waals surface area (Å²) in [6, 6.07) is 2.25. The molecule has 0 spiro atoms. The van der Waals surface area contributed by atoms with Gasteiger partial charge in [-0.05, 0) is 40.9 Å². The molecule has 1 unspecified atom stereocenters. The second-order valence-corrected chi connectivity index (χ2v) is 7.48. The lowest BCUT2D eigenvalue weighted by Crippen LogP contribution is -2.24. The Kier molecular flexibility index (Phi) is 4.38. The van der Waals surface area contributed by atoms with Crippen LogP contribution in [-0.2, 0) is 0 Å². The molecule has 0 aliphatic carbocycles. The molecule has 0 saturated heterocycles. The molecule has 0 radical (unpaired) electrons. The van der Waals surface area contributed by atoms with E-state index in [2.05, 4.69) is 20.8 Å². The normalized spacial score (nSPS) is 14.6. The van der Waals surface area contributed by atoms with Crippen molar-refractivity contribution >= 4 is 0 Å². The third-order valence-electron chi connectivity index (χ3n) is 3.27. The fraction of sp³-hybridized carbons (Fsp3) is 0.625. The van der Waals surface area contributed by atoms with E-state index in [1.54, 1.807) is 0 Å². The van der Waals surface area contributed by atoms with E-state index in [1.807, 2.05) is 20.8 Å². The van der Waals surface area contributed by atoms with E-state index in [-0.39, 0.29) is 16.7 Å². The van der Waals surface area contributed by atoms with Crippen LogP contribution in [0, 0.1) is 28.3 Å². The second-order valence-electron chi connectivity index (χ2n) is 7.48. The highest BCUT2D eigenvalue weighted by molar-refractivity contribution is 5.25. The van der Waals surface area contributed by atoms with Gasteiger partial charge in [0.2, 0.25) is 0 Å². The number of benzene rings is 1. The molecule has 0 saturated carbocycles. The topological polar surface area (TPSA) is 0 Å². The van der Waals surface area contributed by atoms with Crippen molar-refractivity contribution in [1.29, 1.82) is 0 Å². The molecule has 1 rings (SSSR count). The molecule has 0 amide bonds. The van der Waals surface area contributed by atoms with E-state index in [4.69, 9.17) is 0 Å². The molecule has 0 bridgehead atoms. The first-order valence-corrected chi connectivity index (χ1v) is 6.56. The van der Waals surface area contributed by atoms with Gasteiger partial charge in [0.15, 0.2) is 17.5 Å². The van der Waals surface area contributed by atoms with Crippen LogP contribution in [0.2, 0.25) is 0 Å². The maximum atomic E-state index is 13.4. The van der Waals surface area contributed by atoms with Crippen molar-refractivity contribution in [2.75, 3.05) is 0 Å². The average Bonchev–Trinajstić information content (AvgIpc) is 2.19. The Morgan fingerprint density at radius 2 is 1.32 bits per heavy atom. The lowest BCUT2D eigenvalue weighted by Gasteiger charge is -2.36. The lowest BCUT2D eigenvalue weighted by atomic mass is 9.69. The van der Waals surface area contributed by atoms with Crippen LogP contribution in [0.5, 0.6) is 0 Å². The zero-order chi connectivity index (χ0) is 15.0. The highest BCUT2D eigenvalue weighted by Crippen LogP contribution is 2.43. The lowest BCUT2D eigenvalue weighted by molar-refractivity contribution is 0.228. The maximum Gasteiger partial charge on any atom is 0.194 e. The quantitative estimate of drug-likeness (QED) is 0.608. The fourth-order valence-electron chi connectivity index (χ4n) is 2.31. The Bertz CT molecular complexity index is 427. The van der Waals surface area contributed by atoms with Crippen LogP contribution in [0.1, 0.15) is 59.4 Å². The van der Waals surface area contributed by atoms with Crippen molar-refractivity contribution in [3.63, 3.8) is 0 Å². The summed E-state index contributed by atoms with van der Waals surface area (Å²) in [4.78, 5) is 0. The molecule has 0 heterocycles. The first-order valence-electron chi connectivity index (χ1n) is 6.56. The Balaban J connectivity index is 3.26. The van der Waals surface area contributed by atoms with Crippen LogP contribution < -0.4 is 0 Å². The smallest absolute Gasteiger partial charge is 0.194 e. The van der Waals surface area contributed by atoms with Crippen molar-refractivity contribution < 1.29 is 13.2 Å². The molecular formula is C16H23F3. The molecule has 3 heteroatoms.